The largest absolute Gasteiger partial charge is 0.366 e. The van der Waals surface area contributed by atoms with Crippen molar-refractivity contribution in [1.82, 2.24) is 30.3 Å². The SMILES string of the molecule is C[C@@H](CCn1cccn1)NC(=O)c1nc(N)n[nH]1. The van der Waals surface area contributed by atoms with Gasteiger partial charge in [0.05, 0.1) is 0 Å². The van der Waals surface area contributed by atoms with E-state index in [1.54, 1.807) is 6.20 Å². The Morgan fingerprint density at radius 1 is 1.67 bits per heavy atom. The highest BCUT2D eigenvalue weighted by Crippen LogP contribution is 1.98. The zero-order chi connectivity index (χ0) is 13.0. The number of carbonyl (C=O) groups excluding carboxylic acids is 1. The maximum Gasteiger partial charge on any atom is 0.288 e. The van der Waals surface area contributed by atoms with Crippen LogP contribution in [0.1, 0.15) is 24.0 Å². The van der Waals surface area contributed by atoms with Gasteiger partial charge in [-0.3, -0.25) is 14.6 Å². The molecule has 0 unspecified atom stereocenters. The third-order valence-electron chi connectivity index (χ3n) is 2.45. The average Bonchev–Trinajstić information content (AvgIpc) is 2.97. The van der Waals surface area contributed by atoms with Crippen LogP contribution in [0.2, 0.25) is 0 Å². The van der Waals surface area contributed by atoms with E-state index in [1.165, 1.54) is 0 Å². The van der Waals surface area contributed by atoms with Crippen LogP contribution in [0, 0.1) is 0 Å². The molecule has 2 rings (SSSR count). The second-order valence-electron chi connectivity index (χ2n) is 3.97. The van der Waals surface area contributed by atoms with Crippen LogP contribution in [0.5, 0.6) is 0 Å². The van der Waals surface area contributed by atoms with Gasteiger partial charge in [0.25, 0.3) is 5.91 Å². The van der Waals surface area contributed by atoms with Crippen LogP contribution in [0.15, 0.2) is 18.5 Å². The van der Waals surface area contributed by atoms with Gasteiger partial charge in [0.1, 0.15) is 0 Å². The molecule has 0 aromatic carbocycles. The minimum Gasteiger partial charge on any atom is -0.366 e. The first-order chi connectivity index (χ1) is 8.65. The number of nitrogens with zero attached hydrogens (tertiary/aromatic N) is 4. The molecule has 4 N–H and O–H groups in total. The van der Waals surface area contributed by atoms with Crippen molar-refractivity contribution in [2.45, 2.75) is 25.9 Å². The van der Waals surface area contributed by atoms with Gasteiger partial charge in [-0.2, -0.15) is 10.1 Å². The fourth-order valence-corrected chi connectivity index (χ4v) is 1.50. The Labute approximate surface area is 104 Å². The summed E-state index contributed by atoms with van der Waals surface area (Å²) in [5.74, 6) is -0.130. The first kappa shape index (κ1) is 12.1. The first-order valence-electron chi connectivity index (χ1n) is 5.61. The standard InChI is InChI=1S/C10H15N7O/c1-7(3-6-17-5-2-4-12-17)13-9(18)8-14-10(11)16-15-8/h2,4-5,7H,3,6H2,1H3,(H,13,18)(H3,11,14,15,16)/t7-/m0/s1. The monoisotopic (exact) mass is 249 g/mol. The maximum atomic E-state index is 11.7. The van der Waals surface area contributed by atoms with Crippen molar-refractivity contribution >= 4 is 11.9 Å². The van der Waals surface area contributed by atoms with Crippen LogP contribution in [0.3, 0.4) is 0 Å². The van der Waals surface area contributed by atoms with Gasteiger partial charge in [0.15, 0.2) is 0 Å². The fourth-order valence-electron chi connectivity index (χ4n) is 1.50. The molecule has 96 valence electrons. The lowest BCUT2D eigenvalue weighted by Gasteiger charge is -2.12. The van der Waals surface area contributed by atoms with Gasteiger partial charge in [-0.25, -0.2) is 0 Å². The van der Waals surface area contributed by atoms with Crippen LogP contribution >= 0.6 is 0 Å². The van der Waals surface area contributed by atoms with E-state index in [-0.39, 0.29) is 23.7 Å². The molecule has 18 heavy (non-hydrogen) atoms. The van der Waals surface area contributed by atoms with Crippen molar-refractivity contribution in [3.8, 4) is 0 Å². The normalized spacial score (nSPS) is 12.3. The molecule has 8 nitrogen and oxygen atoms in total. The predicted octanol–water partition coefficient (Wildman–Crippen LogP) is -0.208. The Bertz CT molecular complexity index is 504. The number of aryl methyl sites for hydroxylation is 1. The average molecular weight is 249 g/mol. The lowest BCUT2D eigenvalue weighted by molar-refractivity contribution is 0.0927. The predicted molar refractivity (Wildman–Crippen MR) is 64.6 cm³/mol. The van der Waals surface area contributed by atoms with Crippen molar-refractivity contribution in [3.63, 3.8) is 0 Å². The Balaban J connectivity index is 1.80. The number of aromatic nitrogens is 5. The zero-order valence-electron chi connectivity index (χ0n) is 10.00. The number of H-pyrrole nitrogens is 1. The van der Waals surface area contributed by atoms with E-state index in [0.717, 1.165) is 13.0 Å². The van der Waals surface area contributed by atoms with Gasteiger partial charge in [-0.1, -0.05) is 0 Å². The summed E-state index contributed by atoms with van der Waals surface area (Å²) in [5, 5.41) is 13.0. The lowest BCUT2D eigenvalue weighted by atomic mass is 10.2. The topological polar surface area (TPSA) is 115 Å². The number of rotatable bonds is 5. The number of amides is 1. The highest BCUT2D eigenvalue weighted by molar-refractivity contribution is 5.90. The van der Waals surface area contributed by atoms with Crippen LogP contribution in [-0.4, -0.2) is 36.9 Å². The van der Waals surface area contributed by atoms with E-state index in [9.17, 15) is 4.79 Å². The second-order valence-corrected chi connectivity index (χ2v) is 3.97. The van der Waals surface area contributed by atoms with E-state index in [0.29, 0.717) is 0 Å². The summed E-state index contributed by atoms with van der Waals surface area (Å²) in [4.78, 5) is 15.5. The van der Waals surface area contributed by atoms with Crippen molar-refractivity contribution in [1.29, 1.82) is 0 Å². The molecule has 0 aliphatic heterocycles. The second kappa shape index (κ2) is 5.30. The molecule has 0 radical (unpaired) electrons. The highest BCUT2D eigenvalue weighted by atomic mass is 16.2. The summed E-state index contributed by atoms with van der Waals surface area (Å²) in [5.41, 5.74) is 5.32. The zero-order valence-corrected chi connectivity index (χ0v) is 10.00. The number of nitrogen functional groups attached to an aromatic ring is 1. The number of nitrogens with two attached hydrogens (primary N) is 1. The molecular formula is C10H15N7O. The van der Waals surface area contributed by atoms with E-state index in [4.69, 9.17) is 5.73 Å². The third kappa shape index (κ3) is 3.06. The molecule has 8 heteroatoms. The van der Waals surface area contributed by atoms with Gasteiger partial charge in [0.2, 0.25) is 11.8 Å². The molecule has 1 atom stereocenters. The fraction of sp³-hybridized carbons (Fsp3) is 0.400. The number of hydrogen-bond donors (Lipinski definition) is 3. The Kier molecular flexibility index (Phi) is 3.56. The van der Waals surface area contributed by atoms with Gasteiger partial charge in [-0.15, -0.1) is 5.10 Å². The number of carbonyl (C=O) groups is 1. The van der Waals surface area contributed by atoms with Gasteiger partial charge < -0.3 is 11.1 Å². The number of nitrogens with one attached hydrogen (secondary N) is 2. The summed E-state index contributed by atoms with van der Waals surface area (Å²) in [6.45, 7) is 2.66. The summed E-state index contributed by atoms with van der Waals surface area (Å²) >= 11 is 0. The highest BCUT2D eigenvalue weighted by Gasteiger charge is 2.13. The summed E-state index contributed by atoms with van der Waals surface area (Å²) < 4.78 is 1.81. The van der Waals surface area contributed by atoms with Crippen molar-refractivity contribution in [3.05, 3.63) is 24.3 Å². The van der Waals surface area contributed by atoms with Crippen LogP contribution < -0.4 is 11.1 Å². The lowest BCUT2D eigenvalue weighted by Crippen LogP contribution is -2.34. The molecule has 0 bridgehead atoms. The van der Waals surface area contributed by atoms with Crippen molar-refractivity contribution in [2.75, 3.05) is 5.73 Å². The smallest absolute Gasteiger partial charge is 0.288 e. The Morgan fingerprint density at radius 2 is 2.50 bits per heavy atom. The van der Waals surface area contributed by atoms with E-state index >= 15 is 0 Å². The van der Waals surface area contributed by atoms with Crippen molar-refractivity contribution < 1.29 is 4.79 Å². The Hall–Kier alpha value is -2.38. The molecule has 1 amide bonds. The first-order valence-corrected chi connectivity index (χ1v) is 5.61. The van der Waals surface area contributed by atoms with E-state index in [1.807, 2.05) is 23.9 Å². The Morgan fingerprint density at radius 3 is 3.11 bits per heavy atom. The van der Waals surface area contributed by atoms with Crippen molar-refractivity contribution in [2.24, 2.45) is 0 Å². The van der Waals surface area contributed by atoms with Gasteiger partial charge in [0, 0.05) is 25.0 Å². The summed E-state index contributed by atoms with van der Waals surface area (Å²) in [6.07, 6.45) is 4.38. The maximum absolute atomic E-state index is 11.7. The van der Waals surface area contributed by atoms with Crippen LogP contribution in [0.4, 0.5) is 5.95 Å². The van der Waals surface area contributed by atoms with Gasteiger partial charge >= 0.3 is 0 Å². The molecule has 0 aliphatic rings. The molecule has 0 saturated heterocycles. The molecule has 0 saturated carbocycles. The molecule has 2 aromatic heterocycles. The third-order valence-corrected chi connectivity index (χ3v) is 2.45. The van der Waals surface area contributed by atoms with E-state index < -0.39 is 0 Å². The number of hydrogen-bond acceptors (Lipinski definition) is 5. The van der Waals surface area contributed by atoms with E-state index in [2.05, 4.69) is 25.6 Å². The molecule has 0 spiro atoms. The minimum absolute atomic E-state index is 0.00743. The molecule has 2 aromatic rings. The van der Waals surface area contributed by atoms with Gasteiger partial charge in [-0.05, 0) is 19.4 Å². The quantitative estimate of drug-likeness (QED) is 0.678. The number of anilines is 1. The number of aromatic amines is 1. The van der Waals surface area contributed by atoms with Crippen LogP contribution in [-0.2, 0) is 6.54 Å². The minimum atomic E-state index is -0.313. The molecule has 0 fully saturated rings. The van der Waals surface area contributed by atoms with Crippen LogP contribution in [0.25, 0.3) is 0 Å². The molecule has 2 heterocycles. The summed E-state index contributed by atoms with van der Waals surface area (Å²) in [6, 6.07) is 1.87. The molecular weight excluding hydrogens is 234 g/mol. The molecule has 0 aliphatic carbocycles. The summed E-state index contributed by atoms with van der Waals surface area (Å²) in [7, 11) is 0.